The van der Waals surface area contributed by atoms with Crippen molar-refractivity contribution in [3.63, 3.8) is 0 Å². The Kier molecular flexibility index (Phi) is 4.45. The molecule has 1 aromatic rings. The first kappa shape index (κ1) is 12.2. The Labute approximate surface area is 94.7 Å². The van der Waals surface area contributed by atoms with Crippen LogP contribution in [0.2, 0.25) is 0 Å². The molecule has 0 saturated heterocycles. The number of benzene rings is 1. The SMILES string of the molecule is C=C[C@H](C)OC(=O)CC(=O)c1ccccc1. The second kappa shape index (κ2) is 5.85. The predicted octanol–water partition coefficient (Wildman–Crippen LogP) is 2.38. The molecule has 84 valence electrons. The highest BCUT2D eigenvalue weighted by Gasteiger charge is 2.13. The van der Waals surface area contributed by atoms with E-state index in [0.29, 0.717) is 5.56 Å². The molecule has 1 rings (SSSR count). The maximum absolute atomic E-state index is 11.6. The van der Waals surface area contributed by atoms with Crippen molar-refractivity contribution < 1.29 is 14.3 Å². The second-order valence-corrected chi connectivity index (χ2v) is 3.40. The van der Waals surface area contributed by atoms with Gasteiger partial charge in [-0.05, 0) is 6.92 Å². The van der Waals surface area contributed by atoms with Gasteiger partial charge in [0.15, 0.2) is 5.78 Å². The molecule has 3 heteroatoms. The Morgan fingerprint density at radius 1 is 1.38 bits per heavy atom. The number of esters is 1. The van der Waals surface area contributed by atoms with E-state index in [1.165, 1.54) is 6.08 Å². The van der Waals surface area contributed by atoms with E-state index >= 15 is 0 Å². The van der Waals surface area contributed by atoms with Gasteiger partial charge in [-0.3, -0.25) is 9.59 Å². The molecule has 0 spiro atoms. The lowest BCUT2D eigenvalue weighted by Crippen LogP contribution is -2.16. The van der Waals surface area contributed by atoms with E-state index in [-0.39, 0.29) is 18.3 Å². The molecule has 0 fully saturated rings. The third-order valence-electron chi connectivity index (χ3n) is 2.05. The van der Waals surface area contributed by atoms with Crippen molar-refractivity contribution in [2.75, 3.05) is 0 Å². The maximum atomic E-state index is 11.6. The van der Waals surface area contributed by atoms with E-state index in [2.05, 4.69) is 6.58 Å². The van der Waals surface area contributed by atoms with E-state index < -0.39 is 5.97 Å². The van der Waals surface area contributed by atoms with Crippen LogP contribution in [0.3, 0.4) is 0 Å². The zero-order valence-electron chi connectivity index (χ0n) is 9.18. The molecule has 0 N–H and O–H groups in total. The summed E-state index contributed by atoms with van der Waals surface area (Å²) in [4.78, 5) is 22.9. The summed E-state index contributed by atoms with van der Waals surface area (Å²) in [5.74, 6) is -0.761. The second-order valence-electron chi connectivity index (χ2n) is 3.40. The number of hydrogen-bond acceptors (Lipinski definition) is 3. The van der Waals surface area contributed by atoms with Crippen LogP contribution in [0.15, 0.2) is 43.0 Å². The molecular formula is C13H14O3. The summed E-state index contributed by atoms with van der Waals surface area (Å²) in [7, 11) is 0. The molecule has 0 radical (unpaired) electrons. The Morgan fingerprint density at radius 2 is 2.00 bits per heavy atom. The predicted molar refractivity (Wildman–Crippen MR) is 61.1 cm³/mol. The lowest BCUT2D eigenvalue weighted by molar-refractivity contribution is -0.144. The molecule has 0 bridgehead atoms. The average Bonchev–Trinajstić information content (AvgIpc) is 2.29. The first-order valence-electron chi connectivity index (χ1n) is 5.03. The number of carbonyl (C=O) groups excluding carboxylic acids is 2. The van der Waals surface area contributed by atoms with Gasteiger partial charge in [-0.1, -0.05) is 43.0 Å². The molecule has 0 aliphatic carbocycles. The Morgan fingerprint density at radius 3 is 2.56 bits per heavy atom. The van der Waals surface area contributed by atoms with Crippen molar-refractivity contribution in [3.05, 3.63) is 48.6 Å². The van der Waals surface area contributed by atoms with Crippen LogP contribution in [0.25, 0.3) is 0 Å². The standard InChI is InChI=1S/C13H14O3/c1-3-10(2)16-13(15)9-12(14)11-7-5-4-6-8-11/h3-8,10H,1,9H2,2H3/t10-/m0/s1. The molecule has 0 unspecified atom stereocenters. The summed E-state index contributed by atoms with van der Waals surface area (Å²) in [6.07, 6.45) is 0.906. The van der Waals surface area contributed by atoms with Gasteiger partial charge in [0.25, 0.3) is 0 Å². The van der Waals surface area contributed by atoms with Crippen molar-refractivity contribution in [3.8, 4) is 0 Å². The normalized spacial score (nSPS) is 11.6. The molecule has 16 heavy (non-hydrogen) atoms. The lowest BCUT2D eigenvalue weighted by atomic mass is 10.1. The van der Waals surface area contributed by atoms with Gasteiger partial charge in [0, 0.05) is 5.56 Å². The summed E-state index contributed by atoms with van der Waals surface area (Å²) in [5, 5.41) is 0. The van der Waals surface area contributed by atoms with Crippen LogP contribution >= 0.6 is 0 Å². The minimum Gasteiger partial charge on any atom is -0.458 e. The van der Waals surface area contributed by atoms with Crippen LogP contribution in [0.1, 0.15) is 23.7 Å². The van der Waals surface area contributed by atoms with E-state index in [9.17, 15) is 9.59 Å². The van der Waals surface area contributed by atoms with Crippen molar-refractivity contribution in [1.29, 1.82) is 0 Å². The van der Waals surface area contributed by atoms with Crippen LogP contribution in [0, 0.1) is 0 Å². The van der Waals surface area contributed by atoms with E-state index in [1.807, 2.05) is 6.07 Å². The molecule has 1 aromatic carbocycles. The van der Waals surface area contributed by atoms with Gasteiger partial charge in [-0.2, -0.15) is 0 Å². The third-order valence-corrected chi connectivity index (χ3v) is 2.05. The number of ether oxygens (including phenoxy) is 1. The monoisotopic (exact) mass is 218 g/mol. The van der Waals surface area contributed by atoms with Crippen LogP contribution in [-0.2, 0) is 9.53 Å². The highest BCUT2D eigenvalue weighted by atomic mass is 16.5. The lowest BCUT2D eigenvalue weighted by Gasteiger charge is -2.07. The van der Waals surface area contributed by atoms with Gasteiger partial charge in [0.1, 0.15) is 12.5 Å². The molecule has 0 heterocycles. The highest BCUT2D eigenvalue weighted by molar-refractivity contribution is 6.05. The molecule has 1 atom stereocenters. The zero-order valence-corrected chi connectivity index (χ0v) is 9.18. The third kappa shape index (κ3) is 3.69. The van der Waals surface area contributed by atoms with Gasteiger partial charge in [0.2, 0.25) is 0 Å². The zero-order chi connectivity index (χ0) is 12.0. The van der Waals surface area contributed by atoms with Crippen LogP contribution in [0.4, 0.5) is 0 Å². The molecule has 3 nitrogen and oxygen atoms in total. The topological polar surface area (TPSA) is 43.4 Å². The van der Waals surface area contributed by atoms with Gasteiger partial charge in [0.05, 0.1) is 0 Å². The molecule has 0 aliphatic rings. The number of ketones is 1. The maximum Gasteiger partial charge on any atom is 0.314 e. The van der Waals surface area contributed by atoms with E-state index in [4.69, 9.17) is 4.74 Å². The van der Waals surface area contributed by atoms with Gasteiger partial charge in [-0.15, -0.1) is 0 Å². The van der Waals surface area contributed by atoms with Crippen LogP contribution in [-0.4, -0.2) is 17.9 Å². The van der Waals surface area contributed by atoms with E-state index in [0.717, 1.165) is 0 Å². The van der Waals surface area contributed by atoms with Gasteiger partial charge < -0.3 is 4.74 Å². The fourth-order valence-electron chi connectivity index (χ4n) is 1.15. The summed E-state index contributed by atoms with van der Waals surface area (Å²) >= 11 is 0. The smallest absolute Gasteiger partial charge is 0.314 e. The minimum absolute atomic E-state index is 0.234. The largest absolute Gasteiger partial charge is 0.458 e. The van der Waals surface area contributed by atoms with Crippen molar-refractivity contribution in [2.24, 2.45) is 0 Å². The number of carbonyl (C=O) groups is 2. The average molecular weight is 218 g/mol. The first-order valence-corrected chi connectivity index (χ1v) is 5.03. The molecule has 0 amide bonds. The van der Waals surface area contributed by atoms with Crippen molar-refractivity contribution in [1.82, 2.24) is 0 Å². The molecule has 0 saturated carbocycles. The number of Topliss-reactive ketones (excluding diaryl/α,β-unsaturated/α-hetero) is 1. The van der Waals surface area contributed by atoms with Gasteiger partial charge in [-0.25, -0.2) is 0 Å². The fraction of sp³-hybridized carbons (Fsp3) is 0.231. The summed E-state index contributed by atoms with van der Waals surface area (Å²) in [5.41, 5.74) is 0.519. The van der Waals surface area contributed by atoms with Crippen LogP contribution in [0.5, 0.6) is 0 Å². The van der Waals surface area contributed by atoms with E-state index in [1.54, 1.807) is 31.2 Å². The summed E-state index contributed by atoms with van der Waals surface area (Å²) < 4.78 is 4.91. The fourth-order valence-corrected chi connectivity index (χ4v) is 1.15. The highest BCUT2D eigenvalue weighted by Crippen LogP contribution is 2.05. The quantitative estimate of drug-likeness (QED) is 0.330. The Bertz CT molecular complexity index is 381. The Hall–Kier alpha value is -1.90. The van der Waals surface area contributed by atoms with Crippen molar-refractivity contribution >= 4 is 11.8 Å². The summed E-state index contributed by atoms with van der Waals surface area (Å²) in [6.45, 7) is 5.18. The first-order chi connectivity index (χ1) is 7.63. The minimum atomic E-state index is -0.527. The molecule has 0 aliphatic heterocycles. The number of rotatable bonds is 5. The molecule has 0 aromatic heterocycles. The van der Waals surface area contributed by atoms with Gasteiger partial charge >= 0.3 is 5.97 Å². The Balaban J connectivity index is 2.52. The number of hydrogen-bond donors (Lipinski definition) is 0. The summed E-state index contributed by atoms with van der Waals surface area (Å²) in [6, 6.07) is 8.67. The molecular weight excluding hydrogens is 204 g/mol. The van der Waals surface area contributed by atoms with Crippen LogP contribution < -0.4 is 0 Å². The van der Waals surface area contributed by atoms with Crippen molar-refractivity contribution in [2.45, 2.75) is 19.4 Å².